The van der Waals surface area contributed by atoms with E-state index in [9.17, 15) is 8.42 Å². The number of pyridine rings is 1. The average molecular weight is 279 g/mol. The molecule has 1 fully saturated rings. The molecule has 102 valence electrons. The molecule has 0 bridgehead atoms. The number of rotatable bonds is 3. The molecule has 5 nitrogen and oxygen atoms in total. The number of nitriles is 1. The van der Waals surface area contributed by atoms with Crippen LogP contribution in [0.5, 0.6) is 0 Å². The highest BCUT2D eigenvalue weighted by Gasteiger charge is 2.37. The minimum atomic E-state index is -3.56. The summed E-state index contributed by atoms with van der Waals surface area (Å²) in [7, 11) is -3.56. The lowest BCUT2D eigenvalue weighted by atomic mass is 9.88. The maximum Gasteiger partial charge on any atom is 0.242 e. The molecule has 1 saturated carbocycles. The lowest BCUT2D eigenvalue weighted by Gasteiger charge is -2.27. The summed E-state index contributed by atoms with van der Waals surface area (Å²) in [5.41, 5.74) is 0.188. The minimum Gasteiger partial charge on any atom is -0.244 e. The molecule has 6 heteroatoms. The van der Waals surface area contributed by atoms with Gasteiger partial charge in [0.2, 0.25) is 10.0 Å². The Hall–Kier alpha value is -1.45. The molecule has 0 amide bonds. The van der Waals surface area contributed by atoms with Gasteiger partial charge in [-0.1, -0.05) is 20.3 Å². The van der Waals surface area contributed by atoms with Gasteiger partial charge < -0.3 is 0 Å². The van der Waals surface area contributed by atoms with E-state index in [-0.39, 0.29) is 22.0 Å². The van der Waals surface area contributed by atoms with E-state index in [2.05, 4.69) is 23.6 Å². The molecule has 1 atom stereocenters. The standard InChI is InChI=1S/C13H17N3O2S/c1-13(2)7-3-4-12(13)16-19(17,18)11-6-5-10(8-14)15-9-11/h5-6,9,12,16H,3-4,7H2,1-2H3. The van der Waals surface area contributed by atoms with Gasteiger partial charge in [0.15, 0.2) is 0 Å². The van der Waals surface area contributed by atoms with Crippen LogP contribution in [0.1, 0.15) is 38.8 Å². The van der Waals surface area contributed by atoms with E-state index in [0.717, 1.165) is 19.3 Å². The van der Waals surface area contributed by atoms with Gasteiger partial charge in [0.05, 0.1) is 0 Å². The Morgan fingerprint density at radius 1 is 1.47 bits per heavy atom. The largest absolute Gasteiger partial charge is 0.244 e. The molecular formula is C13H17N3O2S. The third kappa shape index (κ3) is 2.94. The van der Waals surface area contributed by atoms with Gasteiger partial charge in [-0.15, -0.1) is 0 Å². The number of aromatic nitrogens is 1. The molecule has 1 aromatic heterocycles. The molecular weight excluding hydrogens is 262 g/mol. The van der Waals surface area contributed by atoms with Gasteiger partial charge in [0.1, 0.15) is 16.7 Å². The highest BCUT2D eigenvalue weighted by molar-refractivity contribution is 7.89. The summed E-state index contributed by atoms with van der Waals surface area (Å²) >= 11 is 0. The van der Waals surface area contributed by atoms with Crippen molar-refractivity contribution in [2.45, 2.75) is 44.0 Å². The van der Waals surface area contributed by atoms with Crippen molar-refractivity contribution in [3.05, 3.63) is 24.0 Å². The third-order valence-electron chi connectivity index (χ3n) is 3.72. The normalized spacial score (nSPS) is 22.1. The zero-order valence-corrected chi connectivity index (χ0v) is 11.9. The van der Waals surface area contributed by atoms with Crippen molar-refractivity contribution in [1.82, 2.24) is 9.71 Å². The summed E-state index contributed by atoms with van der Waals surface area (Å²) in [4.78, 5) is 3.90. The second-order valence-electron chi connectivity index (χ2n) is 5.55. The van der Waals surface area contributed by atoms with E-state index in [1.807, 2.05) is 6.07 Å². The molecule has 0 aliphatic heterocycles. The number of nitrogens with one attached hydrogen (secondary N) is 1. The summed E-state index contributed by atoms with van der Waals surface area (Å²) in [5.74, 6) is 0. The van der Waals surface area contributed by atoms with Crippen LogP contribution in [0.3, 0.4) is 0 Å². The van der Waals surface area contributed by atoms with Gasteiger partial charge in [0.25, 0.3) is 0 Å². The first-order valence-electron chi connectivity index (χ1n) is 6.24. The van der Waals surface area contributed by atoms with Crippen molar-refractivity contribution < 1.29 is 8.42 Å². The number of hydrogen-bond donors (Lipinski definition) is 1. The zero-order chi connectivity index (χ0) is 14.1. The van der Waals surface area contributed by atoms with Crippen molar-refractivity contribution >= 4 is 10.0 Å². The topological polar surface area (TPSA) is 82.9 Å². The van der Waals surface area contributed by atoms with Gasteiger partial charge in [0, 0.05) is 12.2 Å². The van der Waals surface area contributed by atoms with E-state index in [0.29, 0.717) is 0 Å². The predicted octanol–water partition coefficient (Wildman–Crippen LogP) is 1.81. The summed E-state index contributed by atoms with van der Waals surface area (Å²) < 4.78 is 27.2. The maximum atomic E-state index is 12.2. The summed E-state index contributed by atoms with van der Waals surface area (Å²) in [6.07, 6.45) is 4.14. The van der Waals surface area contributed by atoms with E-state index >= 15 is 0 Å². The van der Waals surface area contributed by atoms with Gasteiger partial charge in [-0.3, -0.25) is 0 Å². The first kappa shape index (κ1) is 14.0. The zero-order valence-electron chi connectivity index (χ0n) is 11.0. The van der Waals surface area contributed by atoms with Gasteiger partial charge >= 0.3 is 0 Å². The second-order valence-corrected chi connectivity index (χ2v) is 7.26. The number of hydrogen-bond acceptors (Lipinski definition) is 4. The summed E-state index contributed by atoms with van der Waals surface area (Å²) in [6, 6.07) is 4.64. The van der Waals surface area contributed by atoms with Crippen LogP contribution in [0, 0.1) is 16.7 Å². The fourth-order valence-electron chi connectivity index (χ4n) is 2.41. The molecule has 19 heavy (non-hydrogen) atoms. The quantitative estimate of drug-likeness (QED) is 0.914. The second kappa shape index (κ2) is 4.91. The third-order valence-corrected chi connectivity index (χ3v) is 5.17. The van der Waals surface area contributed by atoms with E-state index in [1.54, 1.807) is 0 Å². The van der Waals surface area contributed by atoms with Gasteiger partial charge in [-0.25, -0.2) is 18.1 Å². The smallest absolute Gasteiger partial charge is 0.242 e. The molecule has 0 saturated heterocycles. The van der Waals surface area contributed by atoms with Gasteiger partial charge in [-0.2, -0.15) is 5.26 Å². The Morgan fingerprint density at radius 2 is 2.21 bits per heavy atom. The van der Waals surface area contributed by atoms with Crippen molar-refractivity contribution in [2.24, 2.45) is 5.41 Å². The van der Waals surface area contributed by atoms with Crippen LogP contribution in [0.4, 0.5) is 0 Å². The minimum absolute atomic E-state index is 0.0207. The predicted molar refractivity (Wildman–Crippen MR) is 70.7 cm³/mol. The van der Waals surface area contributed by atoms with Crippen molar-refractivity contribution in [2.75, 3.05) is 0 Å². The Bertz CT molecular complexity index is 600. The van der Waals surface area contributed by atoms with Crippen LogP contribution >= 0.6 is 0 Å². The Balaban J connectivity index is 2.21. The lowest BCUT2D eigenvalue weighted by Crippen LogP contribution is -2.41. The van der Waals surface area contributed by atoms with E-state index in [1.165, 1.54) is 18.3 Å². The first-order chi connectivity index (χ1) is 8.85. The van der Waals surface area contributed by atoms with E-state index in [4.69, 9.17) is 5.26 Å². The molecule has 1 aromatic rings. The highest BCUT2D eigenvalue weighted by Crippen LogP contribution is 2.37. The summed E-state index contributed by atoms with van der Waals surface area (Å²) in [5, 5.41) is 8.65. The fraction of sp³-hybridized carbons (Fsp3) is 0.538. The molecule has 0 spiro atoms. The van der Waals surface area contributed by atoms with Crippen LogP contribution in [-0.2, 0) is 10.0 Å². The Morgan fingerprint density at radius 3 is 2.68 bits per heavy atom. The van der Waals surface area contributed by atoms with Crippen molar-refractivity contribution in [3.8, 4) is 6.07 Å². The van der Waals surface area contributed by atoms with Crippen LogP contribution in [-0.4, -0.2) is 19.4 Å². The molecule has 1 aliphatic carbocycles. The molecule has 0 aromatic carbocycles. The average Bonchev–Trinajstić information content (AvgIpc) is 2.68. The molecule has 1 heterocycles. The van der Waals surface area contributed by atoms with Crippen LogP contribution in [0.15, 0.2) is 23.2 Å². The molecule has 1 N–H and O–H groups in total. The molecule has 1 aliphatic rings. The Labute approximate surface area is 113 Å². The lowest BCUT2D eigenvalue weighted by molar-refractivity contribution is 0.313. The summed E-state index contributed by atoms with van der Waals surface area (Å²) in [6.45, 7) is 4.15. The molecule has 2 rings (SSSR count). The monoisotopic (exact) mass is 279 g/mol. The van der Waals surface area contributed by atoms with Crippen LogP contribution in [0.25, 0.3) is 0 Å². The van der Waals surface area contributed by atoms with Crippen LogP contribution < -0.4 is 4.72 Å². The van der Waals surface area contributed by atoms with Gasteiger partial charge in [-0.05, 0) is 30.4 Å². The van der Waals surface area contributed by atoms with Crippen molar-refractivity contribution in [3.63, 3.8) is 0 Å². The molecule has 0 radical (unpaired) electrons. The highest BCUT2D eigenvalue weighted by atomic mass is 32.2. The Kier molecular flexibility index (Phi) is 3.61. The van der Waals surface area contributed by atoms with Crippen LogP contribution in [0.2, 0.25) is 0 Å². The fourth-order valence-corrected chi connectivity index (χ4v) is 3.79. The first-order valence-corrected chi connectivity index (χ1v) is 7.72. The number of nitrogens with zero attached hydrogens (tertiary/aromatic N) is 2. The van der Waals surface area contributed by atoms with E-state index < -0.39 is 10.0 Å². The van der Waals surface area contributed by atoms with Crippen molar-refractivity contribution in [1.29, 1.82) is 5.26 Å². The maximum absolute atomic E-state index is 12.2. The molecule has 1 unspecified atom stereocenters. The SMILES string of the molecule is CC1(C)CCCC1NS(=O)(=O)c1ccc(C#N)nc1. The number of sulfonamides is 1.